The van der Waals surface area contributed by atoms with Crippen molar-refractivity contribution >= 4 is 6.03 Å². The highest BCUT2D eigenvalue weighted by Gasteiger charge is 2.25. The molecule has 1 atom stereocenters. The van der Waals surface area contributed by atoms with Crippen LogP contribution in [0.1, 0.15) is 75.8 Å². The van der Waals surface area contributed by atoms with Gasteiger partial charge in [-0.15, -0.1) is 0 Å². The lowest BCUT2D eigenvalue weighted by Gasteiger charge is -2.32. The van der Waals surface area contributed by atoms with Gasteiger partial charge in [0.2, 0.25) is 0 Å². The molecular formula is C20H32N4O2. The Kier molecular flexibility index (Phi) is 7.09. The topological polar surface area (TPSA) is 78.1 Å². The number of likely N-dealkylation sites (tertiary alicyclic amines) is 1. The quantitative estimate of drug-likeness (QED) is 0.864. The number of rotatable bonds is 4. The van der Waals surface area contributed by atoms with Crippen LogP contribution < -0.4 is 10.9 Å². The molecule has 2 fully saturated rings. The summed E-state index contributed by atoms with van der Waals surface area (Å²) in [5, 5.41) is 3.12. The lowest BCUT2D eigenvalue weighted by molar-refractivity contribution is 0.178. The van der Waals surface area contributed by atoms with Crippen LogP contribution in [0.3, 0.4) is 0 Å². The molecule has 3 rings (SSSR count). The van der Waals surface area contributed by atoms with Gasteiger partial charge in [0.05, 0.1) is 12.0 Å². The molecule has 144 valence electrons. The Morgan fingerprint density at radius 1 is 1.15 bits per heavy atom. The summed E-state index contributed by atoms with van der Waals surface area (Å²) in [6.45, 7) is 2.20. The van der Waals surface area contributed by atoms with Gasteiger partial charge in [-0.25, -0.2) is 9.78 Å². The van der Waals surface area contributed by atoms with E-state index in [1.54, 1.807) is 6.07 Å². The average molecular weight is 361 g/mol. The highest BCUT2D eigenvalue weighted by atomic mass is 16.2. The minimum atomic E-state index is -0.129. The molecule has 1 aromatic heterocycles. The zero-order chi connectivity index (χ0) is 18.2. The average Bonchev–Trinajstić information content (AvgIpc) is 2.63. The number of aromatic nitrogens is 2. The van der Waals surface area contributed by atoms with Crippen molar-refractivity contribution in [3.8, 4) is 0 Å². The van der Waals surface area contributed by atoms with E-state index in [0.717, 1.165) is 44.0 Å². The van der Waals surface area contributed by atoms with Crippen molar-refractivity contribution in [2.75, 3.05) is 19.6 Å². The van der Waals surface area contributed by atoms with E-state index in [1.807, 2.05) is 4.90 Å². The number of amides is 2. The maximum atomic E-state index is 12.5. The van der Waals surface area contributed by atoms with Gasteiger partial charge in [-0.1, -0.05) is 44.9 Å². The van der Waals surface area contributed by atoms with Gasteiger partial charge >= 0.3 is 6.03 Å². The molecule has 1 saturated carbocycles. The normalized spacial score (nSPS) is 22.5. The van der Waals surface area contributed by atoms with E-state index in [4.69, 9.17) is 0 Å². The third kappa shape index (κ3) is 5.58. The zero-order valence-electron chi connectivity index (χ0n) is 15.7. The number of carbonyl (C=O) groups is 1. The van der Waals surface area contributed by atoms with E-state index in [-0.39, 0.29) is 17.5 Å². The molecule has 6 heteroatoms. The molecule has 1 unspecified atom stereocenters. The lowest BCUT2D eigenvalue weighted by Crippen LogP contribution is -2.45. The molecule has 26 heavy (non-hydrogen) atoms. The van der Waals surface area contributed by atoms with Gasteiger partial charge in [-0.05, 0) is 25.2 Å². The number of nitrogens with one attached hydrogen (secondary N) is 2. The van der Waals surface area contributed by atoms with Gasteiger partial charge < -0.3 is 15.2 Å². The molecule has 1 aromatic rings. The summed E-state index contributed by atoms with van der Waals surface area (Å²) in [4.78, 5) is 32.8. The second kappa shape index (κ2) is 9.74. The van der Waals surface area contributed by atoms with Crippen molar-refractivity contribution in [1.82, 2.24) is 20.2 Å². The number of H-pyrrole nitrogens is 1. The fraction of sp³-hybridized carbons (Fsp3) is 0.750. The first-order valence-corrected chi connectivity index (χ1v) is 10.3. The predicted octanol–water partition coefficient (Wildman–Crippen LogP) is 3.41. The largest absolute Gasteiger partial charge is 0.338 e. The molecule has 0 radical (unpaired) electrons. The van der Waals surface area contributed by atoms with Crippen molar-refractivity contribution in [1.29, 1.82) is 0 Å². The number of urea groups is 1. The van der Waals surface area contributed by atoms with Crippen LogP contribution in [-0.2, 0) is 0 Å². The van der Waals surface area contributed by atoms with E-state index in [9.17, 15) is 9.59 Å². The Hall–Kier alpha value is -1.85. The molecule has 1 saturated heterocycles. The molecule has 1 aliphatic carbocycles. The van der Waals surface area contributed by atoms with Crippen LogP contribution in [0.4, 0.5) is 4.79 Å². The summed E-state index contributed by atoms with van der Waals surface area (Å²) in [6.07, 6.45) is 13.9. The van der Waals surface area contributed by atoms with Gasteiger partial charge in [0.15, 0.2) is 0 Å². The highest BCUT2D eigenvalue weighted by Crippen LogP contribution is 2.25. The Labute approximate surface area is 155 Å². The van der Waals surface area contributed by atoms with Gasteiger partial charge in [0.1, 0.15) is 0 Å². The number of aromatic amines is 1. The minimum Gasteiger partial charge on any atom is -0.338 e. The summed E-state index contributed by atoms with van der Waals surface area (Å²) in [5.74, 6) is 0.923. The van der Waals surface area contributed by atoms with Crippen LogP contribution in [0.25, 0.3) is 0 Å². The third-order valence-electron chi connectivity index (χ3n) is 5.88. The fourth-order valence-corrected chi connectivity index (χ4v) is 4.33. The molecular weight excluding hydrogens is 328 g/mol. The molecule has 0 aromatic carbocycles. The van der Waals surface area contributed by atoms with Crippen LogP contribution in [0.15, 0.2) is 17.2 Å². The van der Waals surface area contributed by atoms with Crippen molar-refractivity contribution in [2.45, 2.75) is 70.1 Å². The maximum Gasteiger partial charge on any atom is 0.317 e. The Bertz CT molecular complexity index is 622. The smallest absolute Gasteiger partial charge is 0.317 e. The van der Waals surface area contributed by atoms with Crippen molar-refractivity contribution in [3.63, 3.8) is 0 Å². The van der Waals surface area contributed by atoms with Crippen molar-refractivity contribution < 1.29 is 4.79 Å². The first-order chi connectivity index (χ1) is 12.7. The van der Waals surface area contributed by atoms with Gasteiger partial charge in [-0.2, -0.15) is 0 Å². The Morgan fingerprint density at radius 3 is 2.69 bits per heavy atom. The van der Waals surface area contributed by atoms with Crippen LogP contribution in [-0.4, -0.2) is 40.5 Å². The fourth-order valence-electron chi connectivity index (χ4n) is 4.33. The minimum absolute atomic E-state index is 0.0328. The SMILES string of the molecule is O=C(NCCC1CCCCCCC1)N1CCCC(c2cc(=O)[nH]cn2)C1. The van der Waals surface area contributed by atoms with E-state index in [1.165, 1.54) is 51.3 Å². The zero-order valence-corrected chi connectivity index (χ0v) is 15.7. The predicted molar refractivity (Wildman–Crippen MR) is 102 cm³/mol. The van der Waals surface area contributed by atoms with Crippen LogP contribution >= 0.6 is 0 Å². The third-order valence-corrected chi connectivity index (χ3v) is 5.88. The molecule has 0 spiro atoms. The highest BCUT2D eigenvalue weighted by molar-refractivity contribution is 5.74. The first kappa shape index (κ1) is 18.9. The Morgan fingerprint density at radius 2 is 1.92 bits per heavy atom. The summed E-state index contributed by atoms with van der Waals surface area (Å²) >= 11 is 0. The number of hydrogen-bond donors (Lipinski definition) is 2. The van der Waals surface area contributed by atoms with Crippen LogP contribution in [0.2, 0.25) is 0 Å². The second-order valence-electron chi connectivity index (χ2n) is 7.85. The van der Waals surface area contributed by atoms with E-state index < -0.39 is 0 Å². The molecule has 6 nitrogen and oxygen atoms in total. The number of nitrogens with zero attached hydrogens (tertiary/aromatic N) is 2. The monoisotopic (exact) mass is 360 g/mol. The molecule has 0 bridgehead atoms. The summed E-state index contributed by atoms with van der Waals surface area (Å²) < 4.78 is 0. The number of hydrogen-bond acceptors (Lipinski definition) is 3. The number of carbonyl (C=O) groups excluding carboxylic acids is 1. The molecule has 2 heterocycles. The summed E-state index contributed by atoms with van der Waals surface area (Å²) in [5.41, 5.74) is 0.663. The molecule has 2 amide bonds. The summed E-state index contributed by atoms with van der Waals surface area (Å²) in [7, 11) is 0. The standard InChI is InChI=1S/C20H32N4O2/c25-19-13-18(22-15-23-19)17-9-6-12-24(14-17)20(26)21-11-10-16-7-4-2-1-3-5-8-16/h13,15-17H,1-12,14H2,(H,21,26)(H,22,23,25). The second-order valence-corrected chi connectivity index (χ2v) is 7.85. The van der Waals surface area contributed by atoms with Gasteiger partial charge in [0.25, 0.3) is 5.56 Å². The van der Waals surface area contributed by atoms with Crippen molar-refractivity contribution in [2.24, 2.45) is 5.92 Å². The lowest BCUT2D eigenvalue weighted by atomic mass is 9.89. The molecule has 1 aliphatic heterocycles. The van der Waals surface area contributed by atoms with Gasteiger partial charge in [0, 0.05) is 31.6 Å². The van der Waals surface area contributed by atoms with Gasteiger partial charge in [-0.3, -0.25) is 4.79 Å². The molecule has 2 N–H and O–H groups in total. The first-order valence-electron chi connectivity index (χ1n) is 10.3. The summed E-state index contributed by atoms with van der Waals surface area (Å²) in [6, 6.07) is 1.59. The maximum absolute atomic E-state index is 12.5. The van der Waals surface area contributed by atoms with E-state index in [0.29, 0.717) is 6.54 Å². The number of piperidine rings is 1. The molecule has 2 aliphatic rings. The Balaban J connectivity index is 1.44. The van der Waals surface area contributed by atoms with Crippen LogP contribution in [0.5, 0.6) is 0 Å². The van der Waals surface area contributed by atoms with Crippen LogP contribution in [0, 0.1) is 5.92 Å². The van der Waals surface area contributed by atoms with E-state index >= 15 is 0 Å². The van der Waals surface area contributed by atoms with E-state index in [2.05, 4.69) is 15.3 Å². The van der Waals surface area contributed by atoms with Crippen molar-refractivity contribution in [3.05, 3.63) is 28.4 Å².